The number of sulfonamides is 1. The van der Waals surface area contributed by atoms with Gasteiger partial charge in [0.15, 0.2) is 4.80 Å². The smallest absolute Gasteiger partial charge is 0.279 e. The minimum absolute atomic E-state index is 0.204. The van der Waals surface area contributed by atoms with Gasteiger partial charge in [0.1, 0.15) is 0 Å². The van der Waals surface area contributed by atoms with Crippen molar-refractivity contribution in [1.82, 2.24) is 8.87 Å². The summed E-state index contributed by atoms with van der Waals surface area (Å²) in [4.78, 5) is 18.3. The summed E-state index contributed by atoms with van der Waals surface area (Å²) in [5.74, 6) is -0.402. The lowest BCUT2D eigenvalue weighted by Gasteiger charge is -2.22. The van der Waals surface area contributed by atoms with Crippen LogP contribution in [0, 0.1) is 6.92 Å². The molecule has 7 nitrogen and oxygen atoms in total. The molecule has 36 heavy (non-hydrogen) atoms. The first kappa shape index (κ1) is 28.2. The molecule has 0 aliphatic heterocycles. The van der Waals surface area contributed by atoms with Crippen LogP contribution in [0.4, 0.5) is 0 Å². The molecule has 9 heteroatoms. The van der Waals surface area contributed by atoms with Crippen molar-refractivity contribution < 1.29 is 17.9 Å². The van der Waals surface area contributed by atoms with Gasteiger partial charge in [-0.1, -0.05) is 44.1 Å². The molecule has 0 aliphatic carbocycles. The van der Waals surface area contributed by atoms with Gasteiger partial charge in [-0.15, -0.1) is 0 Å². The predicted octanol–water partition coefficient (Wildman–Crippen LogP) is 5.38. The summed E-state index contributed by atoms with van der Waals surface area (Å²) >= 11 is 1.46. The van der Waals surface area contributed by atoms with E-state index in [1.165, 1.54) is 23.5 Å². The van der Waals surface area contributed by atoms with E-state index in [4.69, 9.17) is 4.74 Å². The molecular weight excluding hydrogens is 494 g/mol. The molecule has 0 unspecified atom stereocenters. The number of aromatic nitrogens is 1. The van der Waals surface area contributed by atoms with Gasteiger partial charge in [0.25, 0.3) is 5.91 Å². The van der Waals surface area contributed by atoms with Crippen LogP contribution in [0.1, 0.15) is 62.4 Å². The molecule has 1 aromatic heterocycles. The number of carbonyl (C=O) groups is 1. The van der Waals surface area contributed by atoms with Crippen molar-refractivity contribution in [1.29, 1.82) is 0 Å². The van der Waals surface area contributed by atoms with E-state index in [9.17, 15) is 13.2 Å². The third-order valence-electron chi connectivity index (χ3n) is 5.96. The van der Waals surface area contributed by atoms with Crippen LogP contribution in [0.15, 0.2) is 52.4 Å². The normalized spacial score (nSPS) is 12.6. The summed E-state index contributed by atoms with van der Waals surface area (Å²) in [6.07, 6.45) is 3.48. The first-order chi connectivity index (χ1) is 17.3. The molecule has 3 rings (SSSR count). The minimum atomic E-state index is -3.61. The number of ether oxygens (including phenoxy) is 1. The number of unbranched alkanes of at least 4 members (excludes halogenated alkanes) is 2. The number of aryl methyl sites for hydroxylation is 1. The number of fused-ring (bicyclic) bond motifs is 1. The van der Waals surface area contributed by atoms with Crippen LogP contribution in [0.2, 0.25) is 0 Å². The maximum absolute atomic E-state index is 13.2. The largest absolute Gasteiger partial charge is 0.380 e. The van der Waals surface area contributed by atoms with Crippen LogP contribution in [0.3, 0.4) is 0 Å². The topological polar surface area (TPSA) is 81.0 Å². The van der Waals surface area contributed by atoms with E-state index in [0.29, 0.717) is 43.2 Å². The maximum atomic E-state index is 13.2. The van der Waals surface area contributed by atoms with Crippen molar-refractivity contribution in [3.05, 3.63) is 58.4 Å². The Bertz CT molecular complexity index is 1320. The van der Waals surface area contributed by atoms with E-state index in [1.54, 1.807) is 16.4 Å². The van der Waals surface area contributed by atoms with E-state index in [2.05, 4.69) is 11.1 Å². The zero-order chi connectivity index (χ0) is 26.1. The number of amides is 1. The number of rotatable bonds is 13. The highest BCUT2D eigenvalue weighted by Gasteiger charge is 2.23. The van der Waals surface area contributed by atoms with E-state index in [1.807, 2.05) is 44.4 Å². The summed E-state index contributed by atoms with van der Waals surface area (Å²) in [6.45, 7) is 10.8. The molecular formula is C27H37N3O4S2. The van der Waals surface area contributed by atoms with Gasteiger partial charge in [0.05, 0.1) is 21.7 Å². The second-order valence-corrected chi connectivity index (χ2v) is 11.7. The summed E-state index contributed by atoms with van der Waals surface area (Å²) in [7, 11) is -3.61. The summed E-state index contributed by atoms with van der Waals surface area (Å²) in [6, 6.07) is 12.3. The fourth-order valence-electron chi connectivity index (χ4n) is 3.87. The highest BCUT2D eigenvalue weighted by atomic mass is 32.2. The second kappa shape index (κ2) is 13.3. The highest BCUT2D eigenvalue weighted by molar-refractivity contribution is 7.89. The van der Waals surface area contributed by atoms with Crippen LogP contribution in [0.25, 0.3) is 10.2 Å². The van der Waals surface area contributed by atoms with Crippen LogP contribution >= 0.6 is 11.3 Å². The lowest BCUT2D eigenvalue weighted by Crippen LogP contribution is -2.33. The quantitative estimate of drug-likeness (QED) is 0.277. The van der Waals surface area contributed by atoms with E-state index < -0.39 is 15.9 Å². The average Bonchev–Trinajstić information content (AvgIpc) is 3.19. The van der Waals surface area contributed by atoms with Crippen LogP contribution in [0.5, 0.6) is 0 Å². The first-order valence-corrected chi connectivity index (χ1v) is 14.9. The van der Waals surface area contributed by atoms with Gasteiger partial charge in [0.2, 0.25) is 10.0 Å². The molecule has 196 valence electrons. The molecule has 0 saturated heterocycles. The van der Waals surface area contributed by atoms with Crippen molar-refractivity contribution in [2.24, 2.45) is 4.99 Å². The minimum Gasteiger partial charge on any atom is -0.380 e. The monoisotopic (exact) mass is 531 g/mol. The Kier molecular flexibility index (Phi) is 10.4. The molecule has 0 N–H and O–H groups in total. The molecule has 0 spiro atoms. The van der Waals surface area contributed by atoms with Crippen molar-refractivity contribution in [3.63, 3.8) is 0 Å². The van der Waals surface area contributed by atoms with Crippen LogP contribution in [-0.2, 0) is 21.3 Å². The standard InChI is InChI=1S/C27H37N3O4S2/c1-5-8-16-29(17-9-6-2)36(32,33)23-13-11-22(12-14-23)26(31)28-27-30(18-19-34-7-3)24-15-10-21(4)20-25(24)35-27/h10-15,20H,5-9,16-19H2,1-4H3. The van der Waals surface area contributed by atoms with Gasteiger partial charge in [-0.2, -0.15) is 9.30 Å². The van der Waals surface area contributed by atoms with Gasteiger partial charge in [-0.05, 0) is 68.7 Å². The summed E-state index contributed by atoms with van der Waals surface area (Å²) < 4.78 is 36.6. The molecule has 2 aromatic carbocycles. The Balaban J connectivity index is 1.90. The Morgan fingerprint density at radius 2 is 1.69 bits per heavy atom. The lowest BCUT2D eigenvalue weighted by molar-refractivity contribution is 0.0996. The first-order valence-electron chi connectivity index (χ1n) is 12.7. The molecule has 3 aromatic rings. The van der Waals surface area contributed by atoms with E-state index >= 15 is 0 Å². The molecule has 0 aliphatic rings. The molecule has 0 radical (unpaired) electrons. The third kappa shape index (κ3) is 6.91. The summed E-state index contributed by atoms with van der Waals surface area (Å²) in [5, 5.41) is 0. The Labute approximate surface area is 218 Å². The number of hydrogen-bond donors (Lipinski definition) is 0. The number of thiazole rings is 1. The molecule has 0 saturated carbocycles. The molecule has 1 amide bonds. The molecule has 0 bridgehead atoms. The average molecular weight is 532 g/mol. The van der Waals surface area contributed by atoms with Gasteiger partial charge < -0.3 is 9.30 Å². The van der Waals surface area contributed by atoms with Crippen molar-refractivity contribution in [2.45, 2.75) is 64.8 Å². The van der Waals surface area contributed by atoms with Crippen LogP contribution < -0.4 is 4.80 Å². The summed E-state index contributed by atoms with van der Waals surface area (Å²) in [5.41, 5.74) is 2.51. The van der Waals surface area contributed by atoms with Crippen molar-refractivity contribution in [3.8, 4) is 0 Å². The van der Waals surface area contributed by atoms with Crippen molar-refractivity contribution in [2.75, 3.05) is 26.3 Å². The zero-order valence-corrected chi connectivity index (χ0v) is 23.3. The van der Waals surface area contributed by atoms with E-state index in [0.717, 1.165) is 41.5 Å². The third-order valence-corrected chi connectivity index (χ3v) is 8.91. The zero-order valence-electron chi connectivity index (χ0n) is 21.7. The highest BCUT2D eigenvalue weighted by Crippen LogP contribution is 2.20. The molecule has 1 heterocycles. The van der Waals surface area contributed by atoms with Crippen molar-refractivity contribution >= 4 is 37.5 Å². The molecule has 0 fully saturated rings. The fraction of sp³-hybridized carbons (Fsp3) is 0.481. The van der Waals surface area contributed by atoms with Gasteiger partial charge >= 0.3 is 0 Å². The van der Waals surface area contributed by atoms with Gasteiger partial charge in [-0.25, -0.2) is 8.42 Å². The van der Waals surface area contributed by atoms with Gasteiger partial charge in [-0.3, -0.25) is 4.79 Å². The second-order valence-electron chi connectivity index (χ2n) is 8.76. The fourth-order valence-corrected chi connectivity index (χ4v) is 6.54. The Morgan fingerprint density at radius 1 is 1.03 bits per heavy atom. The molecule has 0 atom stereocenters. The maximum Gasteiger partial charge on any atom is 0.279 e. The SMILES string of the molecule is CCCCN(CCCC)S(=O)(=O)c1ccc(C(=O)N=c2sc3cc(C)ccc3n2CCOCC)cc1. The Hall–Kier alpha value is -2.33. The Morgan fingerprint density at radius 3 is 2.31 bits per heavy atom. The number of hydrogen-bond acceptors (Lipinski definition) is 5. The predicted molar refractivity (Wildman–Crippen MR) is 146 cm³/mol. The lowest BCUT2D eigenvalue weighted by atomic mass is 10.2. The van der Waals surface area contributed by atoms with Gasteiger partial charge in [0, 0.05) is 31.8 Å². The number of carbonyl (C=O) groups excluding carboxylic acids is 1. The number of benzene rings is 2. The number of nitrogens with zero attached hydrogens (tertiary/aromatic N) is 3. The van der Waals surface area contributed by atoms with Crippen LogP contribution in [-0.4, -0.2) is 49.5 Å². The van der Waals surface area contributed by atoms with E-state index in [-0.39, 0.29) is 4.90 Å².